The minimum Gasteiger partial charge on any atom is -0.490 e. The first-order chi connectivity index (χ1) is 10.0. The largest absolute Gasteiger partial charge is 0.490 e. The number of likely N-dealkylation sites (N-methyl/N-ethyl adjacent to an activating group) is 1. The van der Waals surface area contributed by atoms with Crippen LogP contribution in [0.5, 0.6) is 5.75 Å². The molecule has 1 atom stereocenters. The SMILES string of the molecule is COc1cc(N(C)CC2CNCCO2)c(F)cc1[N+](=O)[O-]. The van der Waals surface area contributed by atoms with Gasteiger partial charge < -0.3 is 19.7 Å². The first-order valence-electron chi connectivity index (χ1n) is 6.58. The Morgan fingerprint density at radius 1 is 1.62 bits per heavy atom. The van der Waals surface area contributed by atoms with E-state index in [1.807, 2.05) is 0 Å². The molecule has 2 rings (SSSR count). The highest BCUT2D eigenvalue weighted by molar-refractivity contribution is 5.60. The lowest BCUT2D eigenvalue weighted by Crippen LogP contribution is -2.44. The van der Waals surface area contributed by atoms with Crippen LogP contribution >= 0.6 is 0 Å². The molecule has 116 valence electrons. The fraction of sp³-hybridized carbons (Fsp3) is 0.538. The Morgan fingerprint density at radius 3 is 2.95 bits per heavy atom. The summed E-state index contributed by atoms with van der Waals surface area (Å²) in [5.41, 5.74) is -0.144. The van der Waals surface area contributed by atoms with E-state index >= 15 is 0 Å². The molecule has 8 heteroatoms. The highest BCUT2D eigenvalue weighted by atomic mass is 19.1. The Bertz CT molecular complexity index is 520. The van der Waals surface area contributed by atoms with E-state index in [9.17, 15) is 14.5 Å². The number of ether oxygens (including phenoxy) is 2. The van der Waals surface area contributed by atoms with Crippen LogP contribution in [0.4, 0.5) is 15.8 Å². The lowest BCUT2D eigenvalue weighted by molar-refractivity contribution is -0.385. The minimum atomic E-state index is -0.667. The van der Waals surface area contributed by atoms with Crippen LogP contribution in [-0.4, -0.2) is 51.4 Å². The maximum atomic E-state index is 14.1. The van der Waals surface area contributed by atoms with Crippen LogP contribution in [0.3, 0.4) is 0 Å². The van der Waals surface area contributed by atoms with Gasteiger partial charge in [-0.25, -0.2) is 4.39 Å². The summed E-state index contributed by atoms with van der Waals surface area (Å²) in [6.45, 7) is 2.59. The number of halogens is 1. The van der Waals surface area contributed by atoms with Gasteiger partial charge in [0.05, 0.1) is 36.5 Å². The molecule has 1 aromatic carbocycles. The number of anilines is 1. The summed E-state index contributed by atoms with van der Waals surface area (Å²) in [5, 5.41) is 14.0. The average Bonchev–Trinajstić information content (AvgIpc) is 2.47. The van der Waals surface area contributed by atoms with Gasteiger partial charge in [0.25, 0.3) is 0 Å². The average molecular weight is 299 g/mol. The van der Waals surface area contributed by atoms with Crippen molar-refractivity contribution in [1.82, 2.24) is 5.32 Å². The van der Waals surface area contributed by atoms with E-state index in [1.54, 1.807) is 11.9 Å². The number of nitrogens with zero attached hydrogens (tertiary/aromatic N) is 2. The van der Waals surface area contributed by atoms with E-state index in [2.05, 4.69) is 5.32 Å². The van der Waals surface area contributed by atoms with Gasteiger partial charge in [-0.05, 0) is 0 Å². The van der Waals surface area contributed by atoms with Crippen LogP contribution in [0, 0.1) is 15.9 Å². The first-order valence-corrected chi connectivity index (χ1v) is 6.58. The molecular weight excluding hydrogens is 281 g/mol. The summed E-state index contributed by atoms with van der Waals surface area (Å²) in [5.74, 6) is -0.625. The fourth-order valence-corrected chi connectivity index (χ4v) is 2.27. The fourth-order valence-electron chi connectivity index (χ4n) is 2.27. The van der Waals surface area contributed by atoms with Gasteiger partial charge in [0.2, 0.25) is 0 Å². The molecule has 1 aliphatic rings. The number of hydrogen-bond acceptors (Lipinski definition) is 6. The van der Waals surface area contributed by atoms with E-state index in [-0.39, 0.29) is 23.2 Å². The summed E-state index contributed by atoms with van der Waals surface area (Å²) in [4.78, 5) is 11.8. The van der Waals surface area contributed by atoms with Crippen LogP contribution in [0.1, 0.15) is 0 Å². The monoisotopic (exact) mass is 299 g/mol. The molecule has 0 saturated carbocycles. The maximum Gasteiger partial charge on any atom is 0.313 e. The molecule has 0 amide bonds. The summed E-state index contributed by atoms with van der Waals surface area (Å²) in [7, 11) is 3.03. The zero-order valence-electron chi connectivity index (χ0n) is 12.0. The predicted molar refractivity (Wildman–Crippen MR) is 75.5 cm³/mol. The van der Waals surface area contributed by atoms with E-state index in [4.69, 9.17) is 9.47 Å². The maximum absolute atomic E-state index is 14.1. The Balaban J connectivity index is 2.19. The second-order valence-corrected chi connectivity index (χ2v) is 4.81. The number of nitro groups is 1. The summed E-state index contributed by atoms with van der Waals surface area (Å²) < 4.78 is 24.6. The third kappa shape index (κ3) is 3.59. The Kier molecular flexibility index (Phi) is 4.92. The number of nitrogens with one attached hydrogen (secondary N) is 1. The van der Waals surface area contributed by atoms with Crippen molar-refractivity contribution < 1.29 is 18.8 Å². The summed E-state index contributed by atoms with van der Waals surface area (Å²) in [6.07, 6.45) is -0.0515. The molecule has 1 N–H and O–H groups in total. The van der Waals surface area contributed by atoms with Gasteiger partial charge >= 0.3 is 5.69 Å². The molecule has 0 aromatic heterocycles. The van der Waals surface area contributed by atoms with Gasteiger partial charge in [-0.2, -0.15) is 0 Å². The number of hydrogen-bond donors (Lipinski definition) is 1. The molecule has 0 spiro atoms. The Labute approximate surface area is 121 Å². The molecule has 1 saturated heterocycles. The second-order valence-electron chi connectivity index (χ2n) is 4.81. The molecule has 21 heavy (non-hydrogen) atoms. The molecule has 0 bridgehead atoms. The highest BCUT2D eigenvalue weighted by Gasteiger charge is 2.23. The highest BCUT2D eigenvalue weighted by Crippen LogP contribution is 2.33. The molecule has 0 radical (unpaired) electrons. The van der Waals surface area contributed by atoms with Crippen molar-refractivity contribution in [2.75, 3.05) is 45.3 Å². The molecule has 1 aliphatic heterocycles. The standard InChI is InChI=1S/C13H18FN3O4/c1-16(8-9-7-15-3-4-21-9)11-6-13(20-2)12(17(18)19)5-10(11)14/h5-6,9,15H,3-4,7-8H2,1-2H3. The van der Waals surface area contributed by atoms with Crippen molar-refractivity contribution in [3.05, 3.63) is 28.1 Å². The number of rotatable bonds is 5. The molecule has 1 fully saturated rings. The van der Waals surface area contributed by atoms with E-state index in [1.165, 1.54) is 13.2 Å². The van der Waals surface area contributed by atoms with Crippen molar-refractivity contribution in [2.24, 2.45) is 0 Å². The van der Waals surface area contributed by atoms with Gasteiger partial charge in [-0.15, -0.1) is 0 Å². The third-order valence-electron chi connectivity index (χ3n) is 3.34. The number of nitro benzene ring substituents is 1. The zero-order valence-corrected chi connectivity index (χ0v) is 12.0. The van der Waals surface area contributed by atoms with Gasteiger partial charge in [0, 0.05) is 32.7 Å². The smallest absolute Gasteiger partial charge is 0.313 e. The molecular formula is C13H18FN3O4. The summed E-state index contributed by atoms with van der Waals surface area (Å²) in [6, 6.07) is 2.22. The van der Waals surface area contributed by atoms with Gasteiger partial charge in [-0.3, -0.25) is 10.1 Å². The number of morpholine rings is 1. The van der Waals surface area contributed by atoms with Crippen molar-refractivity contribution in [3.63, 3.8) is 0 Å². The normalized spacial score (nSPS) is 18.3. The molecule has 1 unspecified atom stereocenters. The molecule has 7 nitrogen and oxygen atoms in total. The lowest BCUT2D eigenvalue weighted by atomic mass is 10.2. The zero-order chi connectivity index (χ0) is 15.4. The molecule has 1 heterocycles. The van der Waals surface area contributed by atoms with Gasteiger partial charge in [-0.1, -0.05) is 0 Å². The topological polar surface area (TPSA) is 76.9 Å². The van der Waals surface area contributed by atoms with Gasteiger partial charge in [0.1, 0.15) is 0 Å². The Morgan fingerprint density at radius 2 is 2.38 bits per heavy atom. The van der Waals surface area contributed by atoms with Crippen LogP contribution in [0.15, 0.2) is 12.1 Å². The van der Waals surface area contributed by atoms with Crippen molar-refractivity contribution >= 4 is 11.4 Å². The number of benzene rings is 1. The second kappa shape index (κ2) is 6.68. The van der Waals surface area contributed by atoms with Crippen LogP contribution in [0.25, 0.3) is 0 Å². The van der Waals surface area contributed by atoms with E-state index in [0.717, 1.165) is 12.6 Å². The Hall–Kier alpha value is -1.93. The van der Waals surface area contributed by atoms with Crippen LogP contribution in [0.2, 0.25) is 0 Å². The van der Waals surface area contributed by atoms with E-state index < -0.39 is 10.7 Å². The molecule has 0 aliphatic carbocycles. The van der Waals surface area contributed by atoms with Crippen molar-refractivity contribution in [2.45, 2.75) is 6.10 Å². The lowest BCUT2D eigenvalue weighted by Gasteiger charge is -2.29. The van der Waals surface area contributed by atoms with Gasteiger partial charge in [0.15, 0.2) is 11.6 Å². The minimum absolute atomic E-state index is 0.0333. The van der Waals surface area contributed by atoms with Crippen LogP contribution < -0.4 is 15.0 Å². The quantitative estimate of drug-likeness (QED) is 0.649. The van der Waals surface area contributed by atoms with Crippen molar-refractivity contribution in [1.29, 1.82) is 0 Å². The van der Waals surface area contributed by atoms with Crippen LogP contribution in [-0.2, 0) is 4.74 Å². The molecule has 1 aromatic rings. The number of methoxy groups -OCH3 is 1. The third-order valence-corrected chi connectivity index (χ3v) is 3.34. The predicted octanol–water partition coefficient (Wildman–Crippen LogP) is 1.17. The first kappa shape index (κ1) is 15.5. The summed E-state index contributed by atoms with van der Waals surface area (Å²) >= 11 is 0. The van der Waals surface area contributed by atoms with Crippen molar-refractivity contribution in [3.8, 4) is 5.75 Å². The van der Waals surface area contributed by atoms with E-state index in [0.29, 0.717) is 19.7 Å².